The Kier molecular flexibility index (Phi) is 1.62. The first-order valence-corrected chi connectivity index (χ1v) is 3.97. The summed E-state index contributed by atoms with van der Waals surface area (Å²) < 4.78 is 0. The molecule has 0 radical (unpaired) electrons. The summed E-state index contributed by atoms with van der Waals surface area (Å²) in [5, 5.41) is 2.49. The third-order valence-corrected chi connectivity index (χ3v) is 1.94. The molecule has 2 heterocycles. The average molecular weight is 176 g/mol. The van der Waals surface area contributed by atoms with E-state index in [2.05, 4.69) is 10.3 Å². The summed E-state index contributed by atoms with van der Waals surface area (Å²) in [5.41, 5.74) is 2.16. The molecular formula is C9H8N2O2. The van der Waals surface area contributed by atoms with E-state index in [0.29, 0.717) is 11.4 Å². The molecule has 0 spiro atoms. The van der Waals surface area contributed by atoms with E-state index in [1.54, 1.807) is 12.1 Å². The summed E-state index contributed by atoms with van der Waals surface area (Å²) in [6, 6.07) is 3.57. The number of Topliss-reactive ketones (excluding diaryl/α,β-unsaturated/α-hetero) is 1. The number of hydrogen-bond acceptors (Lipinski definition) is 3. The van der Waals surface area contributed by atoms with Gasteiger partial charge in [-0.05, 0) is 19.1 Å². The highest BCUT2D eigenvalue weighted by molar-refractivity contribution is 6.42. The molecule has 0 aromatic carbocycles. The number of rotatable bonds is 0. The van der Waals surface area contributed by atoms with Crippen LogP contribution in [0.3, 0.4) is 0 Å². The van der Waals surface area contributed by atoms with Gasteiger partial charge in [-0.3, -0.25) is 14.6 Å². The van der Waals surface area contributed by atoms with Gasteiger partial charge in [0.2, 0.25) is 5.78 Å². The first kappa shape index (κ1) is 7.91. The quantitative estimate of drug-likeness (QED) is 0.584. The van der Waals surface area contributed by atoms with E-state index < -0.39 is 11.7 Å². The van der Waals surface area contributed by atoms with Gasteiger partial charge in [-0.25, -0.2) is 0 Å². The maximum atomic E-state index is 11.0. The second-order valence-corrected chi connectivity index (χ2v) is 3.00. The number of aromatic nitrogens is 1. The van der Waals surface area contributed by atoms with Crippen LogP contribution in [-0.4, -0.2) is 16.7 Å². The van der Waals surface area contributed by atoms with Crippen LogP contribution in [0, 0.1) is 6.92 Å². The van der Waals surface area contributed by atoms with Crippen LogP contribution >= 0.6 is 0 Å². The van der Waals surface area contributed by atoms with Crippen molar-refractivity contribution in [1.29, 1.82) is 0 Å². The lowest BCUT2D eigenvalue weighted by atomic mass is 10.1. The maximum absolute atomic E-state index is 11.0. The van der Waals surface area contributed by atoms with Gasteiger partial charge < -0.3 is 5.32 Å². The lowest BCUT2D eigenvalue weighted by Crippen LogP contribution is -2.30. The molecule has 2 rings (SSSR count). The van der Waals surface area contributed by atoms with Gasteiger partial charge in [-0.15, -0.1) is 0 Å². The number of anilines is 1. The van der Waals surface area contributed by atoms with Crippen LogP contribution < -0.4 is 5.32 Å². The van der Waals surface area contributed by atoms with Crippen molar-refractivity contribution in [3.8, 4) is 0 Å². The highest BCUT2D eigenvalue weighted by Crippen LogP contribution is 2.18. The summed E-state index contributed by atoms with van der Waals surface area (Å²) in [7, 11) is 0. The number of amides is 1. The fraction of sp³-hybridized carbons (Fsp3) is 0.222. The minimum Gasteiger partial charge on any atom is -0.318 e. The number of carbonyl (C=O) groups excluding carboxylic acids is 2. The van der Waals surface area contributed by atoms with Gasteiger partial charge in [0.25, 0.3) is 5.91 Å². The van der Waals surface area contributed by atoms with E-state index in [1.165, 1.54) is 0 Å². The average Bonchev–Trinajstić information content (AvgIpc) is 2.08. The molecule has 0 saturated carbocycles. The SMILES string of the molecule is Cc1ccc2c(n1)CC(=O)C(=O)N2. The van der Waals surface area contributed by atoms with Crippen molar-refractivity contribution in [2.24, 2.45) is 0 Å². The van der Waals surface area contributed by atoms with E-state index >= 15 is 0 Å². The lowest BCUT2D eigenvalue weighted by molar-refractivity contribution is -0.134. The molecule has 66 valence electrons. The van der Waals surface area contributed by atoms with Crippen LogP contribution in [0.15, 0.2) is 12.1 Å². The van der Waals surface area contributed by atoms with Gasteiger partial charge in [0.15, 0.2) is 0 Å². The number of aryl methyl sites for hydroxylation is 1. The fourth-order valence-electron chi connectivity index (χ4n) is 1.28. The first-order valence-electron chi connectivity index (χ1n) is 3.97. The highest BCUT2D eigenvalue weighted by atomic mass is 16.2. The van der Waals surface area contributed by atoms with Crippen molar-refractivity contribution in [3.63, 3.8) is 0 Å². The molecule has 13 heavy (non-hydrogen) atoms. The summed E-state index contributed by atoms with van der Waals surface area (Å²) in [6.45, 7) is 1.85. The zero-order chi connectivity index (χ0) is 9.42. The molecule has 1 aromatic rings. The zero-order valence-corrected chi connectivity index (χ0v) is 7.13. The van der Waals surface area contributed by atoms with Gasteiger partial charge in [0.05, 0.1) is 17.8 Å². The highest BCUT2D eigenvalue weighted by Gasteiger charge is 2.23. The minimum absolute atomic E-state index is 0.114. The van der Waals surface area contributed by atoms with Crippen LogP contribution in [0.4, 0.5) is 5.69 Å². The Labute approximate surface area is 75.0 Å². The predicted molar refractivity (Wildman–Crippen MR) is 46.3 cm³/mol. The normalized spacial score (nSPS) is 15.2. The Hall–Kier alpha value is -1.71. The van der Waals surface area contributed by atoms with Crippen molar-refractivity contribution < 1.29 is 9.59 Å². The molecule has 0 saturated heterocycles. The topological polar surface area (TPSA) is 59.1 Å². The van der Waals surface area contributed by atoms with E-state index in [-0.39, 0.29) is 6.42 Å². The summed E-state index contributed by atoms with van der Waals surface area (Å²) >= 11 is 0. The lowest BCUT2D eigenvalue weighted by Gasteiger charge is -2.14. The molecule has 4 nitrogen and oxygen atoms in total. The zero-order valence-electron chi connectivity index (χ0n) is 7.13. The van der Waals surface area contributed by atoms with Crippen LogP contribution in [0.2, 0.25) is 0 Å². The fourth-order valence-corrected chi connectivity index (χ4v) is 1.28. The van der Waals surface area contributed by atoms with E-state index in [4.69, 9.17) is 0 Å². The maximum Gasteiger partial charge on any atom is 0.292 e. The van der Waals surface area contributed by atoms with Crippen LogP contribution in [0.1, 0.15) is 11.4 Å². The third-order valence-electron chi connectivity index (χ3n) is 1.94. The predicted octanol–water partition coefficient (Wildman–Crippen LogP) is 0.454. The number of ketones is 1. The van der Waals surface area contributed by atoms with Crippen LogP contribution in [-0.2, 0) is 16.0 Å². The number of nitrogens with zero attached hydrogens (tertiary/aromatic N) is 1. The molecule has 0 aliphatic carbocycles. The van der Waals surface area contributed by atoms with Gasteiger partial charge in [0, 0.05) is 5.69 Å². The van der Waals surface area contributed by atoms with Crippen LogP contribution in [0.25, 0.3) is 0 Å². The van der Waals surface area contributed by atoms with Gasteiger partial charge in [-0.2, -0.15) is 0 Å². The van der Waals surface area contributed by atoms with Crippen molar-refractivity contribution in [2.75, 3.05) is 5.32 Å². The number of fused-ring (bicyclic) bond motifs is 1. The molecular weight excluding hydrogens is 168 g/mol. The minimum atomic E-state index is -0.543. The molecule has 0 atom stereocenters. The standard InChI is InChI=1S/C9H8N2O2/c1-5-2-3-6-7(10-5)4-8(12)9(13)11-6/h2-3H,4H2,1H3,(H,11,13). The van der Waals surface area contributed by atoms with Crippen molar-refractivity contribution >= 4 is 17.4 Å². The van der Waals surface area contributed by atoms with E-state index in [0.717, 1.165) is 5.69 Å². The molecule has 0 fully saturated rings. The molecule has 4 heteroatoms. The largest absolute Gasteiger partial charge is 0.318 e. The van der Waals surface area contributed by atoms with Crippen molar-refractivity contribution in [2.45, 2.75) is 13.3 Å². The number of pyridine rings is 1. The number of hydrogen-bond donors (Lipinski definition) is 1. The summed E-state index contributed by atoms with van der Waals surface area (Å²) in [5.74, 6) is -0.969. The van der Waals surface area contributed by atoms with E-state index in [1.807, 2.05) is 6.92 Å². The van der Waals surface area contributed by atoms with E-state index in [9.17, 15) is 9.59 Å². The molecule has 0 unspecified atom stereocenters. The Balaban J connectivity index is 2.48. The molecule has 0 bridgehead atoms. The number of carbonyl (C=O) groups is 2. The van der Waals surface area contributed by atoms with Crippen molar-refractivity contribution in [3.05, 3.63) is 23.5 Å². The molecule has 1 aromatic heterocycles. The first-order chi connectivity index (χ1) is 6.16. The smallest absolute Gasteiger partial charge is 0.292 e. The van der Waals surface area contributed by atoms with Gasteiger partial charge in [0.1, 0.15) is 0 Å². The monoisotopic (exact) mass is 176 g/mol. The molecule has 1 aliphatic rings. The second-order valence-electron chi connectivity index (χ2n) is 3.00. The Morgan fingerprint density at radius 2 is 2.15 bits per heavy atom. The Bertz CT molecular complexity index is 399. The number of nitrogens with one attached hydrogen (secondary N) is 1. The van der Waals surface area contributed by atoms with Gasteiger partial charge in [-0.1, -0.05) is 0 Å². The Morgan fingerprint density at radius 3 is 2.92 bits per heavy atom. The van der Waals surface area contributed by atoms with Crippen LogP contribution in [0.5, 0.6) is 0 Å². The van der Waals surface area contributed by atoms with Crippen molar-refractivity contribution in [1.82, 2.24) is 4.98 Å². The Morgan fingerprint density at radius 1 is 1.38 bits per heavy atom. The third kappa shape index (κ3) is 1.30. The molecule has 1 amide bonds. The summed E-state index contributed by atoms with van der Waals surface area (Å²) in [4.78, 5) is 26.1. The second kappa shape index (κ2) is 2.65. The molecule has 1 aliphatic heterocycles. The molecule has 1 N–H and O–H groups in total. The summed E-state index contributed by atoms with van der Waals surface area (Å²) in [6.07, 6.45) is 0.114. The van der Waals surface area contributed by atoms with Gasteiger partial charge >= 0.3 is 0 Å².